The van der Waals surface area contributed by atoms with Crippen LogP contribution >= 0.6 is 0 Å². The van der Waals surface area contributed by atoms with Gasteiger partial charge in [-0.1, -0.05) is 6.07 Å². The molecule has 136 valence electrons. The van der Waals surface area contributed by atoms with Gasteiger partial charge in [0.15, 0.2) is 6.61 Å². The van der Waals surface area contributed by atoms with Crippen LogP contribution in [0.5, 0.6) is 5.75 Å². The van der Waals surface area contributed by atoms with E-state index in [1.165, 1.54) is 12.1 Å². The van der Waals surface area contributed by atoms with Crippen LogP contribution in [0.15, 0.2) is 18.2 Å². The Balaban J connectivity index is 3.16. The summed E-state index contributed by atoms with van der Waals surface area (Å²) >= 11 is 0. The summed E-state index contributed by atoms with van der Waals surface area (Å²) < 4.78 is 118. The maximum absolute atomic E-state index is 13.3. The zero-order chi connectivity index (χ0) is 19.7. The molecule has 0 spiro atoms. The first-order valence-electron chi connectivity index (χ1n) is 5.99. The number of hydrogen-bond acceptors (Lipinski definition) is 3. The number of alkyl halides is 9. The monoisotopic (exact) mass is 376 g/mol. The molecule has 0 saturated heterocycles. The molecule has 25 heavy (non-hydrogen) atoms. The van der Waals surface area contributed by atoms with Crippen molar-refractivity contribution in [2.45, 2.75) is 23.9 Å². The van der Waals surface area contributed by atoms with Gasteiger partial charge in [-0.2, -0.15) is 50.0 Å². The molecule has 0 heterocycles. The average Bonchev–Trinajstić information content (AvgIpc) is 2.50. The number of halogens is 9. The van der Waals surface area contributed by atoms with Crippen LogP contribution in [0.4, 0.5) is 39.5 Å². The van der Waals surface area contributed by atoms with Crippen LogP contribution in [-0.4, -0.2) is 30.6 Å². The van der Waals surface area contributed by atoms with E-state index in [0.717, 1.165) is 18.2 Å². The van der Waals surface area contributed by atoms with Crippen LogP contribution in [0, 0.1) is 22.7 Å². The standard InChI is InChI=1S/C13H5F9N2O/c14-10(15,11(16,17)12(18,19)13(20,21)22)6-25-9-3-1-2-7(4-23)8(9)5-24/h1-3H,6H2. The molecule has 0 atom stereocenters. The third-order valence-corrected chi connectivity index (χ3v) is 2.88. The SMILES string of the molecule is N#Cc1cccc(OCC(F)(F)C(F)(F)C(F)(F)C(F)(F)F)c1C#N. The number of hydrogen-bond donors (Lipinski definition) is 0. The molecule has 0 saturated carbocycles. The van der Waals surface area contributed by atoms with Crippen molar-refractivity contribution in [3.05, 3.63) is 29.3 Å². The largest absolute Gasteiger partial charge is 0.486 e. The molecule has 0 aliphatic carbocycles. The number of rotatable bonds is 5. The predicted molar refractivity (Wildman–Crippen MR) is 62.3 cm³/mol. The van der Waals surface area contributed by atoms with E-state index in [4.69, 9.17) is 10.5 Å². The lowest BCUT2D eigenvalue weighted by Gasteiger charge is -2.33. The van der Waals surface area contributed by atoms with Gasteiger partial charge in [0.05, 0.1) is 5.56 Å². The van der Waals surface area contributed by atoms with Crippen LogP contribution < -0.4 is 4.74 Å². The molecule has 0 N–H and O–H groups in total. The van der Waals surface area contributed by atoms with Crippen molar-refractivity contribution in [3.8, 4) is 17.9 Å². The van der Waals surface area contributed by atoms with E-state index < -0.39 is 47.4 Å². The van der Waals surface area contributed by atoms with E-state index in [2.05, 4.69) is 4.74 Å². The first-order chi connectivity index (χ1) is 11.2. The zero-order valence-corrected chi connectivity index (χ0v) is 11.6. The van der Waals surface area contributed by atoms with Gasteiger partial charge >= 0.3 is 23.9 Å². The molecule has 12 heteroatoms. The second-order valence-electron chi connectivity index (χ2n) is 4.54. The summed E-state index contributed by atoms with van der Waals surface area (Å²) in [5.41, 5.74) is -1.08. The number of ether oxygens (including phenoxy) is 1. The summed E-state index contributed by atoms with van der Waals surface area (Å²) in [4.78, 5) is 0. The van der Waals surface area contributed by atoms with Gasteiger partial charge in [0, 0.05) is 0 Å². The number of benzene rings is 1. The first-order valence-corrected chi connectivity index (χ1v) is 5.99. The van der Waals surface area contributed by atoms with Crippen molar-refractivity contribution in [3.63, 3.8) is 0 Å². The molecular weight excluding hydrogens is 371 g/mol. The molecule has 0 radical (unpaired) electrons. The van der Waals surface area contributed by atoms with E-state index in [1.807, 2.05) is 0 Å². The predicted octanol–water partition coefficient (Wildman–Crippen LogP) is 4.28. The summed E-state index contributed by atoms with van der Waals surface area (Å²) in [6.07, 6.45) is -6.93. The van der Waals surface area contributed by atoms with Gasteiger partial charge in [-0.3, -0.25) is 0 Å². The van der Waals surface area contributed by atoms with E-state index in [0.29, 0.717) is 0 Å². The highest BCUT2D eigenvalue weighted by atomic mass is 19.4. The van der Waals surface area contributed by atoms with Gasteiger partial charge in [-0.15, -0.1) is 0 Å². The summed E-state index contributed by atoms with van der Waals surface area (Å²) in [7, 11) is 0. The van der Waals surface area contributed by atoms with Gasteiger partial charge < -0.3 is 4.74 Å². The molecule has 0 aliphatic heterocycles. The molecule has 0 unspecified atom stereocenters. The Morgan fingerprint density at radius 1 is 0.840 bits per heavy atom. The zero-order valence-electron chi connectivity index (χ0n) is 11.6. The molecule has 0 fully saturated rings. The molecule has 0 amide bonds. The minimum absolute atomic E-state index is 0.407. The van der Waals surface area contributed by atoms with Gasteiger partial charge in [-0.05, 0) is 12.1 Å². The van der Waals surface area contributed by atoms with Crippen molar-refractivity contribution < 1.29 is 44.3 Å². The minimum Gasteiger partial charge on any atom is -0.486 e. The fourth-order valence-corrected chi connectivity index (χ4v) is 1.53. The Hall–Kier alpha value is -2.63. The fraction of sp³-hybridized carbons (Fsp3) is 0.385. The van der Waals surface area contributed by atoms with Crippen LogP contribution in [0.3, 0.4) is 0 Å². The quantitative estimate of drug-likeness (QED) is 0.721. The summed E-state index contributed by atoms with van der Waals surface area (Å²) in [6, 6.07) is 5.59. The van der Waals surface area contributed by atoms with Crippen molar-refractivity contribution in [2.75, 3.05) is 6.61 Å². The molecule has 1 aromatic carbocycles. The van der Waals surface area contributed by atoms with Crippen LogP contribution in [0.2, 0.25) is 0 Å². The van der Waals surface area contributed by atoms with Crippen LogP contribution in [-0.2, 0) is 0 Å². The molecule has 0 bridgehead atoms. The normalized spacial score (nSPS) is 13.1. The summed E-state index contributed by atoms with van der Waals surface area (Å²) in [5.74, 6) is -20.6. The topological polar surface area (TPSA) is 56.8 Å². The van der Waals surface area contributed by atoms with E-state index in [-0.39, 0.29) is 0 Å². The average molecular weight is 376 g/mol. The highest BCUT2D eigenvalue weighted by Gasteiger charge is 2.81. The van der Waals surface area contributed by atoms with E-state index in [1.54, 1.807) is 0 Å². The lowest BCUT2D eigenvalue weighted by atomic mass is 10.0. The third-order valence-electron chi connectivity index (χ3n) is 2.88. The van der Waals surface area contributed by atoms with Crippen LogP contribution in [0.25, 0.3) is 0 Å². The minimum atomic E-state index is -7.03. The van der Waals surface area contributed by atoms with Gasteiger partial charge in [-0.25, -0.2) is 0 Å². The second-order valence-corrected chi connectivity index (χ2v) is 4.54. The van der Waals surface area contributed by atoms with Crippen molar-refractivity contribution in [1.82, 2.24) is 0 Å². The Morgan fingerprint density at radius 3 is 1.84 bits per heavy atom. The fourth-order valence-electron chi connectivity index (χ4n) is 1.53. The third kappa shape index (κ3) is 3.43. The molecule has 1 rings (SSSR count). The Kier molecular flexibility index (Phi) is 5.18. The van der Waals surface area contributed by atoms with Crippen molar-refractivity contribution >= 4 is 0 Å². The molecular formula is C13H5F9N2O. The van der Waals surface area contributed by atoms with Gasteiger partial charge in [0.25, 0.3) is 0 Å². The smallest absolute Gasteiger partial charge is 0.460 e. The highest BCUT2D eigenvalue weighted by Crippen LogP contribution is 2.53. The van der Waals surface area contributed by atoms with Crippen LogP contribution in [0.1, 0.15) is 11.1 Å². The summed E-state index contributed by atoms with van der Waals surface area (Å²) in [6.45, 7) is -2.59. The van der Waals surface area contributed by atoms with Gasteiger partial charge in [0.2, 0.25) is 0 Å². The molecule has 3 nitrogen and oxygen atoms in total. The maximum atomic E-state index is 13.3. The number of nitrogens with zero attached hydrogens (tertiary/aromatic N) is 2. The highest BCUT2D eigenvalue weighted by molar-refractivity contribution is 5.53. The summed E-state index contributed by atoms with van der Waals surface area (Å²) in [5, 5.41) is 17.4. The van der Waals surface area contributed by atoms with E-state index >= 15 is 0 Å². The van der Waals surface area contributed by atoms with Gasteiger partial charge in [0.1, 0.15) is 23.5 Å². The lowest BCUT2D eigenvalue weighted by Crippen LogP contribution is -2.62. The van der Waals surface area contributed by atoms with Crippen molar-refractivity contribution in [1.29, 1.82) is 10.5 Å². The Bertz CT molecular complexity index is 728. The Morgan fingerprint density at radius 2 is 1.40 bits per heavy atom. The number of nitriles is 2. The molecule has 1 aromatic rings. The maximum Gasteiger partial charge on any atom is 0.460 e. The first kappa shape index (κ1) is 20.4. The molecule has 0 aromatic heterocycles. The van der Waals surface area contributed by atoms with E-state index in [9.17, 15) is 39.5 Å². The van der Waals surface area contributed by atoms with Crippen molar-refractivity contribution in [2.24, 2.45) is 0 Å². The molecule has 0 aliphatic rings. The Labute approximate surface area is 133 Å². The second kappa shape index (κ2) is 6.35. The lowest BCUT2D eigenvalue weighted by molar-refractivity contribution is -0.398.